The summed E-state index contributed by atoms with van der Waals surface area (Å²) in [5.74, 6) is -1.09. The zero-order valence-corrected chi connectivity index (χ0v) is 15.6. The van der Waals surface area contributed by atoms with Crippen molar-refractivity contribution >= 4 is 24.3 Å². The summed E-state index contributed by atoms with van der Waals surface area (Å²) in [6.07, 6.45) is 9.18. The van der Waals surface area contributed by atoms with Crippen LogP contribution in [0.2, 0.25) is 0 Å². The molecule has 0 aliphatic heterocycles. The number of ether oxygens (including phenoxy) is 1. The highest BCUT2D eigenvalue weighted by atomic mass is 35.5. The van der Waals surface area contributed by atoms with Crippen molar-refractivity contribution in [2.45, 2.75) is 75.3 Å². The van der Waals surface area contributed by atoms with Crippen LogP contribution in [0.4, 0.5) is 0 Å². The molecule has 0 atom stereocenters. The number of hydrogen-bond donors (Lipinski definition) is 4. The monoisotopic (exact) mass is 368 g/mol. The van der Waals surface area contributed by atoms with Crippen molar-refractivity contribution in [1.82, 2.24) is 0 Å². The SMILES string of the molecule is CO.COC(=O)C1(N)CCCCC1.Cl.NC1(C(=O)O)CCCCC1. The van der Waals surface area contributed by atoms with Crippen LogP contribution in [-0.4, -0.2) is 47.4 Å². The fraction of sp³-hybridized carbons (Fsp3) is 0.875. The summed E-state index contributed by atoms with van der Waals surface area (Å²) in [6, 6.07) is 0. The van der Waals surface area contributed by atoms with Crippen LogP contribution in [0.5, 0.6) is 0 Å². The standard InChI is InChI=1S/C8H15NO2.C7H13NO2.CH4O.ClH/c1-11-7(10)8(9)5-3-2-4-6-8;8-7(6(9)10)4-2-1-3-5-7;1-2;/h2-6,9H2,1H3;1-5,8H2,(H,9,10);2H,1H3;1H. The molecular weight excluding hydrogens is 336 g/mol. The minimum Gasteiger partial charge on any atom is -0.480 e. The fourth-order valence-corrected chi connectivity index (χ4v) is 2.99. The van der Waals surface area contributed by atoms with Gasteiger partial charge in [0.2, 0.25) is 0 Å². The number of rotatable bonds is 2. The third-order valence-electron chi connectivity index (χ3n) is 4.51. The molecule has 0 saturated heterocycles. The van der Waals surface area contributed by atoms with Crippen LogP contribution in [-0.2, 0) is 14.3 Å². The van der Waals surface area contributed by atoms with Crippen molar-refractivity contribution in [3.8, 4) is 0 Å². The van der Waals surface area contributed by atoms with Gasteiger partial charge in [-0.05, 0) is 25.7 Å². The predicted octanol–water partition coefficient (Wildman–Crippen LogP) is 1.58. The quantitative estimate of drug-likeness (QED) is 0.543. The highest BCUT2D eigenvalue weighted by molar-refractivity contribution is 5.85. The van der Waals surface area contributed by atoms with Crippen molar-refractivity contribution < 1.29 is 24.5 Å². The van der Waals surface area contributed by atoms with E-state index in [1.54, 1.807) is 0 Å². The molecule has 2 aliphatic rings. The normalized spacial score (nSPS) is 20.7. The third kappa shape index (κ3) is 7.79. The number of carboxylic acid groups (broad SMARTS) is 1. The van der Waals surface area contributed by atoms with Crippen molar-refractivity contribution in [3.05, 3.63) is 0 Å². The van der Waals surface area contributed by atoms with E-state index in [4.69, 9.17) is 21.7 Å². The Bertz CT molecular complexity index is 367. The van der Waals surface area contributed by atoms with Gasteiger partial charge >= 0.3 is 11.9 Å². The number of methoxy groups -OCH3 is 1. The number of carbonyl (C=O) groups is 2. The second-order valence-electron chi connectivity index (χ2n) is 6.23. The maximum atomic E-state index is 11.1. The van der Waals surface area contributed by atoms with Gasteiger partial charge in [0, 0.05) is 7.11 Å². The van der Waals surface area contributed by atoms with Gasteiger partial charge in [-0.15, -0.1) is 12.4 Å². The second-order valence-corrected chi connectivity index (χ2v) is 6.23. The topological polar surface area (TPSA) is 136 Å². The summed E-state index contributed by atoms with van der Waals surface area (Å²) in [6.45, 7) is 0. The van der Waals surface area contributed by atoms with E-state index in [1.165, 1.54) is 13.5 Å². The Kier molecular flexibility index (Phi) is 13.2. The zero-order valence-electron chi connectivity index (χ0n) is 14.8. The lowest BCUT2D eigenvalue weighted by Gasteiger charge is -2.29. The summed E-state index contributed by atoms with van der Waals surface area (Å²) in [7, 11) is 2.39. The first kappa shape index (κ1) is 25.4. The highest BCUT2D eigenvalue weighted by Crippen LogP contribution is 2.27. The van der Waals surface area contributed by atoms with E-state index in [9.17, 15) is 9.59 Å². The van der Waals surface area contributed by atoms with Crippen LogP contribution in [0.1, 0.15) is 64.2 Å². The van der Waals surface area contributed by atoms with E-state index < -0.39 is 17.0 Å². The van der Waals surface area contributed by atoms with E-state index >= 15 is 0 Å². The molecule has 0 aromatic heterocycles. The third-order valence-corrected chi connectivity index (χ3v) is 4.51. The van der Waals surface area contributed by atoms with Crippen LogP contribution in [0.25, 0.3) is 0 Å². The number of aliphatic hydroxyl groups is 1. The molecule has 2 aliphatic carbocycles. The molecule has 0 unspecified atom stereocenters. The second kappa shape index (κ2) is 12.5. The lowest BCUT2D eigenvalue weighted by molar-refractivity contribution is -0.148. The van der Waals surface area contributed by atoms with Crippen LogP contribution in [0.3, 0.4) is 0 Å². The Labute approximate surface area is 150 Å². The van der Waals surface area contributed by atoms with Crippen molar-refractivity contribution in [3.63, 3.8) is 0 Å². The fourth-order valence-electron chi connectivity index (χ4n) is 2.99. The Morgan fingerprint density at radius 3 is 1.42 bits per heavy atom. The molecule has 0 aromatic carbocycles. The van der Waals surface area contributed by atoms with Gasteiger partial charge < -0.3 is 26.4 Å². The van der Waals surface area contributed by atoms with Gasteiger partial charge in [0.15, 0.2) is 0 Å². The Morgan fingerprint density at radius 1 is 0.833 bits per heavy atom. The molecule has 0 radical (unpaired) electrons. The molecule has 7 nitrogen and oxygen atoms in total. The van der Waals surface area contributed by atoms with E-state index in [0.717, 1.165) is 52.1 Å². The molecule has 144 valence electrons. The van der Waals surface area contributed by atoms with Crippen LogP contribution in [0, 0.1) is 0 Å². The van der Waals surface area contributed by atoms with Crippen LogP contribution in [0.15, 0.2) is 0 Å². The maximum Gasteiger partial charge on any atom is 0.325 e. The molecule has 2 saturated carbocycles. The molecule has 8 heteroatoms. The summed E-state index contributed by atoms with van der Waals surface area (Å²) in [4.78, 5) is 21.7. The Balaban J connectivity index is 0. The van der Waals surface area contributed by atoms with E-state index in [-0.39, 0.29) is 18.4 Å². The summed E-state index contributed by atoms with van der Waals surface area (Å²) < 4.78 is 4.63. The molecule has 0 amide bonds. The van der Waals surface area contributed by atoms with Crippen molar-refractivity contribution in [1.29, 1.82) is 0 Å². The molecule has 24 heavy (non-hydrogen) atoms. The number of carboxylic acids is 1. The molecule has 0 spiro atoms. The number of carbonyl (C=O) groups excluding carboxylic acids is 1. The van der Waals surface area contributed by atoms with Crippen molar-refractivity contribution in [2.75, 3.05) is 14.2 Å². The number of esters is 1. The largest absolute Gasteiger partial charge is 0.480 e. The molecule has 0 heterocycles. The lowest BCUT2D eigenvalue weighted by Crippen LogP contribution is -2.49. The first-order chi connectivity index (χ1) is 10.8. The summed E-state index contributed by atoms with van der Waals surface area (Å²) in [5.41, 5.74) is 9.86. The van der Waals surface area contributed by atoms with Gasteiger partial charge in [0.25, 0.3) is 0 Å². The minimum atomic E-state index is -0.905. The molecule has 6 N–H and O–H groups in total. The van der Waals surface area contributed by atoms with Crippen molar-refractivity contribution in [2.24, 2.45) is 11.5 Å². The average molecular weight is 369 g/mol. The molecule has 2 fully saturated rings. The average Bonchev–Trinajstić information content (AvgIpc) is 2.58. The number of aliphatic carboxylic acids is 1. The smallest absolute Gasteiger partial charge is 0.325 e. The van der Waals surface area contributed by atoms with Gasteiger partial charge in [-0.1, -0.05) is 38.5 Å². The molecule has 0 bridgehead atoms. The van der Waals surface area contributed by atoms with Gasteiger partial charge in [0.1, 0.15) is 11.1 Å². The molecular formula is C16H33ClN2O5. The Hall–Kier alpha value is -0.890. The maximum absolute atomic E-state index is 11.1. The Morgan fingerprint density at radius 2 is 1.17 bits per heavy atom. The number of hydrogen-bond acceptors (Lipinski definition) is 6. The summed E-state index contributed by atoms with van der Waals surface area (Å²) in [5, 5.41) is 15.7. The minimum absolute atomic E-state index is 0. The first-order valence-corrected chi connectivity index (χ1v) is 8.18. The molecule has 0 aromatic rings. The number of nitrogens with two attached hydrogens (primary N) is 2. The van der Waals surface area contributed by atoms with Gasteiger partial charge in [0.05, 0.1) is 7.11 Å². The number of aliphatic hydroxyl groups excluding tert-OH is 1. The molecule has 2 rings (SSSR count). The van der Waals surface area contributed by atoms with E-state index in [1.807, 2.05) is 0 Å². The number of halogens is 1. The van der Waals surface area contributed by atoms with Crippen LogP contribution < -0.4 is 11.5 Å². The van der Waals surface area contributed by atoms with E-state index in [2.05, 4.69) is 4.74 Å². The van der Waals surface area contributed by atoms with Gasteiger partial charge in [-0.25, -0.2) is 0 Å². The summed E-state index contributed by atoms with van der Waals surface area (Å²) >= 11 is 0. The van der Waals surface area contributed by atoms with Crippen LogP contribution >= 0.6 is 12.4 Å². The first-order valence-electron chi connectivity index (χ1n) is 8.18. The predicted molar refractivity (Wildman–Crippen MR) is 95.0 cm³/mol. The van der Waals surface area contributed by atoms with Gasteiger partial charge in [-0.3, -0.25) is 9.59 Å². The zero-order chi connectivity index (χ0) is 17.9. The van der Waals surface area contributed by atoms with Gasteiger partial charge in [-0.2, -0.15) is 0 Å². The van der Waals surface area contributed by atoms with E-state index in [0.29, 0.717) is 12.8 Å². The highest BCUT2D eigenvalue weighted by Gasteiger charge is 2.36. The lowest BCUT2D eigenvalue weighted by atomic mass is 9.83.